The Balaban J connectivity index is 1.07. The van der Waals surface area contributed by atoms with Crippen molar-refractivity contribution in [3.05, 3.63) is 175 Å². The maximum Gasteiger partial charge on any atom is 0.235 e. The molecule has 2 heterocycles. The van der Waals surface area contributed by atoms with Crippen molar-refractivity contribution in [2.24, 2.45) is 0 Å². The van der Waals surface area contributed by atoms with Crippen LogP contribution >= 0.6 is 0 Å². The molecule has 10 rings (SSSR count). The molecule has 236 valence electrons. The topological polar surface area (TPSA) is 30.7 Å². The zero-order valence-electron chi connectivity index (χ0n) is 27.9. The highest BCUT2D eigenvalue weighted by molar-refractivity contribution is 6.10. The molecule has 0 N–H and O–H groups in total. The van der Waals surface area contributed by atoms with Gasteiger partial charge in [-0.3, -0.25) is 4.57 Å². The van der Waals surface area contributed by atoms with E-state index in [9.17, 15) is 0 Å². The van der Waals surface area contributed by atoms with Gasteiger partial charge in [0, 0.05) is 27.1 Å². The van der Waals surface area contributed by atoms with Crippen LogP contribution in [0.15, 0.2) is 164 Å². The van der Waals surface area contributed by atoms with E-state index in [2.05, 4.69) is 170 Å². The summed E-state index contributed by atoms with van der Waals surface area (Å²) in [6.45, 7) is 4.66. The van der Waals surface area contributed by atoms with Crippen molar-refractivity contribution in [2.75, 3.05) is 0 Å². The minimum Gasteiger partial charge on any atom is -0.278 e. The van der Waals surface area contributed by atoms with Gasteiger partial charge in [-0.25, -0.2) is 9.97 Å². The standard InChI is InChI=1S/C47H33N3/c1-47(2)40-17-9-6-14-35(40)38-28-33(24-26-41(38)47)30-20-22-31(23-21-30)34-25-27-44-39(29-34)36-15-8-11-19-43(36)50(44)46-48-42-18-10-7-16-37(42)45(49-46)32-12-4-3-5-13-32/h3-29H,1-2H3. The number of fused-ring (bicyclic) bond motifs is 7. The molecule has 0 bridgehead atoms. The van der Waals surface area contributed by atoms with Crippen molar-refractivity contribution in [1.29, 1.82) is 0 Å². The normalized spacial score (nSPS) is 13.2. The van der Waals surface area contributed by atoms with Crippen LogP contribution in [-0.4, -0.2) is 14.5 Å². The first kappa shape index (κ1) is 28.7. The van der Waals surface area contributed by atoms with Gasteiger partial charge in [0.15, 0.2) is 0 Å². The molecule has 0 spiro atoms. The molecule has 3 nitrogen and oxygen atoms in total. The predicted octanol–water partition coefficient (Wildman–Crippen LogP) is 12.0. The molecule has 0 radical (unpaired) electrons. The maximum atomic E-state index is 5.23. The fourth-order valence-electron chi connectivity index (χ4n) is 8.10. The average Bonchev–Trinajstić information content (AvgIpc) is 3.62. The summed E-state index contributed by atoms with van der Waals surface area (Å²) in [5, 5.41) is 3.41. The Morgan fingerprint density at radius 2 is 1.02 bits per heavy atom. The molecule has 0 unspecified atom stereocenters. The van der Waals surface area contributed by atoms with Crippen molar-refractivity contribution in [1.82, 2.24) is 14.5 Å². The van der Waals surface area contributed by atoms with Crippen molar-refractivity contribution in [2.45, 2.75) is 19.3 Å². The van der Waals surface area contributed by atoms with Gasteiger partial charge in [-0.05, 0) is 74.8 Å². The zero-order valence-corrected chi connectivity index (χ0v) is 27.9. The summed E-state index contributed by atoms with van der Waals surface area (Å²) in [5.41, 5.74) is 15.5. The second kappa shape index (κ2) is 10.8. The van der Waals surface area contributed by atoms with E-state index in [0.717, 1.165) is 33.2 Å². The van der Waals surface area contributed by atoms with Crippen molar-refractivity contribution in [3.63, 3.8) is 0 Å². The number of rotatable bonds is 4. The number of para-hydroxylation sites is 2. The molecule has 9 aromatic rings. The molecule has 3 heteroatoms. The molecule has 0 aliphatic heterocycles. The number of hydrogen-bond acceptors (Lipinski definition) is 2. The molecule has 1 aliphatic carbocycles. The van der Waals surface area contributed by atoms with E-state index >= 15 is 0 Å². The van der Waals surface area contributed by atoms with Gasteiger partial charge >= 0.3 is 0 Å². The Kier molecular flexibility index (Phi) is 6.22. The van der Waals surface area contributed by atoms with Gasteiger partial charge in [0.2, 0.25) is 5.95 Å². The zero-order chi connectivity index (χ0) is 33.4. The Bertz CT molecular complexity index is 2770. The summed E-state index contributed by atoms with van der Waals surface area (Å²) in [6.07, 6.45) is 0. The van der Waals surface area contributed by atoms with Crippen LogP contribution in [0.1, 0.15) is 25.0 Å². The second-order valence-corrected chi connectivity index (χ2v) is 13.8. The lowest BCUT2D eigenvalue weighted by Gasteiger charge is -2.21. The van der Waals surface area contributed by atoms with E-state index < -0.39 is 0 Å². The molecular formula is C47H33N3. The van der Waals surface area contributed by atoms with Crippen LogP contribution in [0.3, 0.4) is 0 Å². The van der Waals surface area contributed by atoms with Crippen molar-refractivity contribution < 1.29 is 0 Å². The van der Waals surface area contributed by atoms with Gasteiger partial charge in [-0.15, -0.1) is 0 Å². The monoisotopic (exact) mass is 639 g/mol. The quantitative estimate of drug-likeness (QED) is 0.192. The van der Waals surface area contributed by atoms with Crippen molar-refractivity contribution >= 4 is 32.7 Å². The van der Waals surface area contributed by atoms with Gasteiger partial charge in [-0.2, -0.15) is 0 Å². The van der Waals surface area contributed by atoms with Crippen LogP contribution in [0.25, 0.3) is 83.3 Å². The van der Waals surface area contributed by atoms with Gasteiger partial charge < -0.3 is 0 Å². The highest BCUT2D eigenvalue weighted by Crippen LogP contribution is 2.49. The summed E-state index contributed by atoms with van der Waals surface area (Å²) in [5.74, 6) is 0.672. The third-order valence-corrected chi connectivity index (χ3v) is 10.6. The van der Waals surface area contributed by atoms with Crippen LogP contribution in [0.5, 0.6) is 0 Å². The number of nitrogens with zero attached hydrogens (tertiary/aromatic N) is 3. The lowest BCUT2D eigenvalue weighted by Crippen LogP contribution is -2.14. The summed E-state index contributed by atoms with van der Waals surface area (Å²) in [6, 6.07) is 58.8. The first-order chi connectivity index (χ1) is 24.5. The highest BCUT2D eigenvalue weighted by Gasteiger charge is 2.35. The Hall–Kier alpha value is -6.32. The van der Waals surface area contributed by atoms with E-state index in [-0.39, 0.29) is 5.41 Å². The van der Waals surface area contributed by atoms with E-state index in [4.69, 9.17) is 9.97 Å². The SMILES string of the molecule is CC1(C)c2ccccc2-c2cc(-c3ccc(-c4ccc5c(c4)c4ccccc4n5-c4nc(-c5ccccc5)c5ccccc5n4)cc3)ccc21. The van der Waals surface area contributed by atoms with E-state index in [1.807, 2.05) is 12.1 Å². The molecule has 50 heavy (non-hydrogen) atoms. The maximum absolute atomic E-state index is 5.23. The number of hydrogen-bond donors (Lipinski definition) is 0. The van der Waals surface area contributed by atoms with Crippen LogP contribution in [0, 0.1) is 0 Å². The molecule has 2 aromatic heterocycles. The first-order valence-electron chi connectivity index (χ1n) is 17.3. The molecule has 0 saturated carbocycles. The third kappa shape index (κ3) is 4.30. The second-order valence-electron chi connectivity index (χ2n) is 13.8. The number of aromatic nitrogens is 3. The van der Waals surface area contributed by atoms with Gasteiger partial charge in [0.25, 0.3) is 0 Å². The summed E-state index contributed by atoms with van der Waals surface area (Å²) in [4.78, 5) is 10.3. The molecular weight excluding hydrogens is 607 g/mol. The lowest BCUT2D eigenvalue weighted by atomic mass is 9.82. The third-order valence-electron chi connectivity index (χ3n) is 10.6. The Labute approximate surface area is 291 Å². The van der Waals surface area contributed by atoms with Crippen molar-refractivity contribution in [3.8, 4) is 50.6 Å². The molecule has 0 saturated heterocycles. The Morgan fingerprint density at radius 3 is 1.84 bits per heavy atom. The summed E-state index contributed by atoms with van der Waals surface area (Å²) < 4.78 is 2.21. The molecule has 1 aliphatic rings. The van der Waals surface area contributed by atoms with Gasteiger partial charge in [0.05, 0.1) is 22.2 Å². The largest absolute Gasteiger partial charge is 0.278 e. The minimum atomic E-state index is 0.0146. The number of benzene rings is 7. The fourth-order valence-corrected chi connectivity index (χ4v) is 8.10. The van der Waals surface area contributed by atoms with Crippen LogP contribution in [-0.2, 0) is 5.41 Å². The van der Waals surface area contributed by atoms with E-state index in [1.54, 1.807) is 0 Å². The Morgan fingerprint density at radius 1 is 0.420 bits per heavy atom. The molecule has 0 amide bonds. The van der Waals surface area contributed by atoms with Crippen LogP contribution in [0.2, 0.25) is 0 Å². The smallest absolute Gasteiger partial charge is 0.235 e. The highest BCUT2D eigenvalue weighted by atomic mass is 15.2. The van der Waals surface area contributed by atoms with Crippen LogP contribution < -0.4 is 0 Å². The van der Waals surface area contributed by atoms with Gasteiger partial charge in [-0.1, -0.05) is 147 Å². The first-order valence-corrected chi connectivity index (χ1v) is 17.3. The average molecular weight is 640 g/mol. The van der Waals surface area contributed by atoms with E-state index in [0.29, 0.717) is 5.95 Å². The predicted molar refractivity (Wildman–Crippen MR) is 208 cm³/mol. The lowest BCUT2D eigenvalue weighted by molar-refractivity contribution is 0.660. The molecule has 7 aromatic carbocycles. The molecule has 0 fully saturated rings. The van der Waals surface area contributed by atoms with E-state index in [1.165, 1.54) is 55.3 Å². The fraction of sp³-hybridized carbons (Fsp3) is 0.0638. The minimum absolute atomic E-state index is 0.0146. The van der Waals surface area contributed by atoms with Gasteiger partial charge in [0.1, 0.15) is 0 Å². The summed E-state index contributed by atoms with van der Waals surface area (Å²) in [7, 11) is 0. The molecule has 0 atom stereocenters. The summed E-state index contributed by atoms with van der Waals surface area (Å²) >= 11 is 0. The van der Waals surface area contributed by atoms with Crippen LogP contribution in [0.4, 0.5) is 0 Å².